The number of allylic oxidation sites excluding steroid dienone is 1. The number of nitrogens with one attached hydrogen (secondary N) is 2. The molecule has 8 heteroatoms. The van der Waals surface area contributed by atoms with E-state index in [4.69, 9.17) is 15.8 Å². The quantitative estimate of drug-likeness (QED) is 0.320. The molecule has 1 fully saturated rings. The zero-order valence-electron chi connectivity index (χ0n) is 19.7. The minimum atomic E-state index is -0.538. The van der Waals surface area contributed by atoms with Crippen molar-refractivity contribution >= 4 is 17.5 Å². The maximum atomic E-state index is 10.8. The van der Waals surface area contributed by atoms with Crippen LogP contribution >= 0.6 is 0 Å². The molecule has 2 heterocycles. The van der Waals surface area contributed by atoms with Crippen molar-refractivity contribution in [1.29, 1.82) is 10.8 Å². The van der Waals surface area contributed by atoms with E-state index >= 15 is 0 Å². The minimum Gasteiger partial charge on any atom is -0.392 e. The molecule has 4 rings (SSSR count). The van der Waals surface area contributed by atoms with Gasteiger partial charge in [0.1, 0.15) is 6.20 Å². The summed E-state index contributed by atoms with van der Waals surface area (Å²) in [6.45, 7) is 0. The number of aliphatic hydroxyl groups is 1. The maximum absolute atomic E-state index is 10.8. The zero-order chi connectivity index (χ0) is 24.1. The number of aliphatic hydroxyl groups excluding tert-OH is 1. The Kier molecular flexibility index (Phi) is 7.40. The first kappa shape index (κ1) is 23.7. The Labute approximate surface area is 199 Å². The van der Waals surface area contributed by atoms with Gasteiger partial charge in [-0.1, -0.05) is 37.5 Å². The first-order valence-electron chi connectivity index (χ1n) is 11.8. The molecule has 176 valence electrons. The molecule has 0 bridgehead atoms. The number of aromatic nitrogens is 4. The van der Waals surface area contributed by atoms with Crippen LogP contribution < -0.4 is 5.32 Å². The van der Waals surface area contributed by atoms with Gasteiger partial charge < -0.3 is 21.2 Å². The van der Waals surface area contributed by atoms with Gasteiger partial charge in [0.2, 0.25) is 0 Å². The topological polar surface area (TPSA) is 128 Å². The summed E-state index contributed by atoms with van der Waals surface area (Å²) in [4.78, 5) is 9.51. The van der Waals surface area contributed by atoms with Gasteiger partial charge in [0, 0.05) is 48.3 Å². The number of benzene rings is 1. The number of hydrogen-bond acceptors (Lipinski definition) is 6. The molecule has 0 saturated heterocycles. The van der Waals surface area contributed by atoms with Crippen LogP contribution in [-0.2, 0) is 7.05 Å². The van der Waals surface area contributed by atoms with E-state index in [0.29, 0.717) is 23.7 Å². The molecule has 5 N–H and O–H groups in total. The van der Waals surface area contributed by atoms with Crippen LogP contribution in [0.25, 0.3) is 28.1 Å². The van der Waals surface area contributed by atoms with Crippen molar-refractivity contribution in [3.8, 4) is 22.5 Å². The number of quaternary nitrogens is 1. The van der Waals surface area contributed by atoms with Crippen LogP contribution in [0.2, 0.25) is 0 Å². The molecule has 2 aromatic heterocycles. The lowest BCUT2D eigenvalue weighted by atomic mass is 9.88. The Morgan fingerprint density at radius 1 is 1.18 bits per heavy atom. The molecule has 3 aromatic rings. The van der Waals surface area contributed by atoms with E-state index in [1.807, 2.05) is 56.1 Å². The van der Waals surface area contributed by atoms with Gasteiger partial charge in [0.15, 0.2) is 5.82 Å². The highest BCUT2D eigenvalue weighted by molar-refractivity contribution is 6.08. The second-order valence-corrected chi connectivity index (χ2v) is 8.76. The van der Waals surface area contributed by atoms with E-state index < -0.39 is 6.10 Å². The van der Waals surface area contributed by atoms with Crippen LogP contribution in [0.5, 0.6) is 0 Å². The van der Waals surface area contributed by atoms with E-state index in [1.54, 1.807) is 17.1 Å². The first-order chi connectivity index (χ1) is 16.5. The number of hydrogen-bond donors (Lipinski definition) is 4. The standard InChI is InChI=1S/C26H31N7O/c1-29-13-19(12-27)17-7-6-8-18(11-17)26-30-15-22(20-14-31-33(2)16-20)25(32-26)24(28)21-9-4-3-5-10-23(21)34/h6-8,11-16,21,23,27-29,34H,3-5,9-10H2,1-2H3/p+1. The molecule has 1 aliphatic rings. The molecular weight excluding hydrogens is 426 g/mol. The SMILES string of the molecule is C[NH2+]C=C(C=N)c1cccc(-c2ncc(-c3cnn(C)c3)c(C(=N)C3CCCCCC3O)n2)c1. The Morgan fingerprint density at radius 3 is 2.74 bits per heavy atom. The molecule has 8 nitrogen and oxygen atoms in total. The highest BCUT2D eigenvalue weighted by atomic mass is 16.3. The van der Waals surface area contributed by atoms with Crippen molar-refractivity contribution in [3.63, 3.8) is 0 Å². The Morgan fingerprint density at radius 2 is 2.00 bits per heavy atom. The van der Waals surface area contributed by atoms with Gasteiger partial charge in [-0.2, -0.15) is 5.10 Å². The summed E-state index contributed by atoms with van der Waals surface area (Å²) >= 11 is 0. The molecule has 2 unspecified atom stereocenters. The Balaban J connectivity index is 1.80. The number of nitrogens with zero attached hydrogens (tertiary/aromatic N) is 4. The van der Waals surface area contributed by atoms with Crippen LogP contribution in [0, 0.1) is 16.7 Å². The fourth-order valence-corrected chi connectivity index (χ4v) is 4.54. The Bertz CT molecular complexity index is 1210. The smallest absolute Gasteiger partial charge is 0.159 e. The fourth-order valence-electron chi connectivity index (χ4n) is 4.54. The number of nitrogens with two attached hydrogens (primary N) is 1. The molecule has 0 amide bonds. The second-order valence-electron chi connectivity index (χ2n) is 8.76. The average molecular weight is 459 g/mol. The van der Waals surface area contributed by atoms with Gasteiger partial charge in [-0.25, -0.2) is 9.97 Å². The van der Waals surface area contributed by atoms with Crippen molar-refractivity contribution < 1.29 is 10.4 Å². The van der Waals surface area contributed by atoms with Gasteiger partial charge in [-0.15, -0.1) is 0 Å². The fraction of sp³-hybridized carbons (Fsp3) is 0.346. The lowest BCUT2D eigenvalue weighted by Crippen LogP contribution is -2.72. The normalized spacial score (nSPS) is 19.0. The minimum absolute atomic E-state index is 0.250. The molecule has 2 atom stereocenters. The highest BCUT2D eigenvalue weighted by Crippen LogP contribution is 2.31. The lowest BCUT2D eigenvalue weighted by Gasteiger charge is -2.22. The third-order valence-corrected chi connectivity index (χ3v) is 6.37. The molecule has 1 aliphatic carbocycles. The molecule has 1 saturated carbocycles. The van der Waals surface area contributed by atoms with Crippen LogP contribution in [0.3, 0.4) is 0 Å². The first-order valence-corrected chi connectivity index (χ1v) is 11.8. The van der Waals surface area contributed by atoms with Crippen LogP contribution in [0.15, 0.2) is 49.1 Å². The molecule has 0 aliphatic heterocycles. The van der Waals surface area contributed by atoms with Crippen molar-refractivity contribution in [2.45, 2.75) is 38.2 Å². The summed E-state index contributed by atoms with van der Waals surface area (Å²) in [6.07, 6.45) is 12.6. The monoisotopic (exact) mass is 458 g/mol. The summed E-state index contributed by atoms with van der Waals surface area (Å²) in [5.74, 6) is 0.265. The van der Waals surface area contributed by atoms with E-state index in [9.17, 15) is 5.11 Å². The predicted molar refractivity (Wildman–Crippen MR) is 134 cm³/mol. The summed E-state index contributed by atoms with van der Waals surface area (Å²) in [6, 6.07) is 7.79. The maximum Gasteiger partial charge on any atom is 0.159 e. The predicted octanol–water partition coefficient (Wildman–Crippen LogP) is 3.04. The van der Waals surface area contributed by atoms with Gasteiger partial charge >= 0.3 is 0 Å². The zero-order valence-corrected chi connectivity index (χ0v) is 19.7. The third kappa shape index (κ3) is 5.03. The van der Waals surface area contributed by atoms with Gasteiger partial charge in [0.05, 0.1) is 36.3 Å². The average Bonchev–Trinajstić information content (AvgIpc) is 3.18. The van der Waals surface area contributed by atoms with E-state index in [2.05, 4.69) is 10.1 Å². The van der Waals surface area contributed by atoms with Crippen LogP contribution in [0.1, 0.15) is 43.4 Å². The summed E-state index contributed by atoms with van der Waals surface area (Å²) in [7, 11) is 3.78. The van der Waals surface area contributed by atoms with Crippen molar-refractivity contribution in [1.82, 2.24) is 19.7 Å². The number of rotatable bonds is 7. The highest BCUT2D eigenvalue weighted by Gasteiger charge is 2.29. The molecule has 0 spiro atoms. The summed E-state index contributed by atoms with van der Waals surface area (Å²) < 4.78 is 1.72. The van der Waals surface area contributed by atoms with Crippen molar-refractivity contribution in [2.24, 2.45) is 13.0 Å². The van der Waals surface area contributed by atoms with E-state index in [-0.39, 0.29) is 5.92 Å². The van der Waals surface area contributed by atoms with Crippen LogP contribution in [-0.4, -0.2) is 49.9 Å². The molecule has 1 aromatic carbocycles. The van der Waals surface area contributed by atoms with Gasteiger partial charge in [-0.05, 0) is 24.5 Å². The third-order valence-electron chi connectivity index (χ3n) is 6.37. The molecular formula is C26H32N7O+. The van der Waals surface area contributed by atoms with Crippen LogP contribution in [0.4, 0.5) is 0 Å². The number of aryl methyl sites for hydroxylation is 1. The van der Waals surface area contributed by atoms with Crippen molar-refractivity contribution in [3.05, 3.63) is 60.3 Å². The van der Waals surface area contributed by atoms with Gasteiger partial charge in [0.25, 0.3) is 0 Å². The second kappa shape index (κ2) is 10.6. The Hall–Kier alpha value is -3.49. The van der Waals surface area contributed by atoms with Gasteiger partial charge in [-0.3, -0.25) is 4.68 Å². The largest absolute Gasteiger partial charge is 0.392 e. The summed E-state index contributed by atoms with van der Waals surface area (Å²) in [5.41, 5.74) is 5.00. The molecule has 0 radical (unpaired) electrons. The van der Waals surface area contributed by atoms with E-state index in [0.717, 1.165) is 53.5 Å². The lowest BCUT2D eigenvalue weighted by molar-refractivity contribution is -0.555. The molecule has 34 heavy (non-hydrogen) atoms. The van der Waals surface area contributed by atoms with Crippen molar-refractivity contribution in [2.75, 3.05) is 7.05 Å². The summed E-state index contributed by atoms with van der Waals surface area (Å²) in [5, 5.41) is 33.8. The van der Waals surface area contributed by atoms with E-state index in [1.165, 1.54) is 6.21 Å².